The van der Waals surface area contributed by atoms with Gasteiger partial charge in [-0.2, -0.15) is 0 Å². The first-order valence-corrected chi connectivity index (χ1v) is 9.15. The van der Waals surface area contributed by atoms with Gasteiger partial charge in [-0.15, -0.1) is 24.0 Å². The fraction of sp³-hybridized carbons (Fsp3) is 0.333. The number of carbonyl (C=O) groups is 1. The second-order valence-electron chi connectivity index (χ2n) is 6.38. The van der Waals surface area contributed by atoms with Crippen molar-refractivity contribution in [2.75, 3.05) is 19.5 Å². The highest BCUT2D eigenvalue weighted by atomic mass is 127. The minimum Gasteiger partial charge on any atom is -0.493 e. The third-order valence-corrected chi connectivity index (χ3v) is 4.27. The first-order valence-electron chi connectivity index (χ1n) is 9.15. The van der Waals surface area contributed by atoms with Gasteiger partial charge >= 0.3 is 0 Å². The van der Waals surface area contributed by atoms with E-state index in [4.69, 9.17) is 15.2 Å². The van der Waals surface area contributed by atoms with Crippen molar-refractivity contribution in [1.29, 1.82) is 0 Å². The number of nitrogens with two attached hydrogens (primary N) is 1. The van der Waals surface area contributed by atoms with Crippen molar-refractivity contribution in [3.8, 4) is 11.5 Å². The average Bonchev–Trinajstić information content (AvgIpc) is 2.72. The maximum Gasteiger partial charge on any atom is 0.251 e. The molecule has 2 aromatic carbocycles. The van der Waals surface area contributed by atoms with Crippen molar-refractivity contribution in [2.24, 2.45) is 10.7 Å². The highest BCUT2D eigenvalue weighted by molar-refractivity contribution is 14.0. The molecule has 0 saturated heterocycles. The summed E-state index contributed by atoms with van der Waals surface area (Å²) in [5.41, 5.74) is 8.23. The highest BCUT2D eigenvalue weighted by Gasteiger charge is 2.09. The van der Waals surface area contributed by atoms with Gasteiger partial charge in [0.1, 0.15) is 0 Å². The van der Waals surface area contributed by atoms with Crippen LogP contribution in [-0.4, -0.2) is 32.1 Å². The Morgan fingerprint density at radius 1 is 1.14 bits per heavy atom. The Hall–Kier alpha value is -2.49. The highest BCUT2D eigenvalue weighted by Crippen LogP contribution is 2.29. The molecule has 0 aromatic heterocycles. The summed E-state index contributed by atoms with van der Waals surface area (Å²) in [6.07, 6.45) is 0.883. The van der Waals surface area contributed by atoms with Crippen molar-refractivity contribution >= 4 is 41.5 Å². The molecule has 0 aliphatic heterocycles. The molecule has 1 unspecified atom stereocenters. The first-order chi connectivity index (χ1) is 13.5. The molecule has 4 N–H and O–H groups in total. The monoisotopic (exact) mass is 512 g/mol. The van der Waals surface area contributed by atoms with Crippen LogP contribution in [-0.2, 0) is 6.54 Å². The number of guanidine groups is 1. The van der Waals surface area contributed by atoms with E-state index in [9.17, 15) is 4.79 Å². The molecular formula is C21H29IN4O3. The molecular weight excluding hydrogens is 483 g/mol. The largest absolute Gasteiger partial charge is 0.493 e. The number of ether oxygens (including phenoxy) is 2. The molecule has 2 aromatic rings. The van der Waals surface area contributed by atoms with E-state index in [0.29, 0.717) is 23.6 Å². The molecule has 8 heteroatoms. The molecule has 158 valence electrons. The van der Waals surface area contributed by atoms with Gasteiger partial charge in [0.25, 0.3) is 5.91 Å². The first kappa shape index (κ1) is 24.5. The van der Waals surface area contributed by atoms with Gasteiger partial charge < -0.3 is 25.8 Å². The van der Waals surface area contributed by atoms with E-state index in [1.807, 2.05) is 38.1 Å². The molecule has 29 heavy (non-hydrogen) atoms. The predicted molar refractivity (Wildman–Crippen MR) is 128 cm³/mol. The molecule has 0 fully saturated rings. The van der Waals surface area contributed by atoms with E-state index in [1.165, 1.54) is 0 Å². The molecule has 0 aliphatic carbocycles. The summed E-state index contributed by atoms with van der Waals surface area (Å²) in [5.74, 6) is 1.41. The molecule has 2 rings (SSSR count). The second-order valence-corrected chi connectivity index (χ2v) is 6.38. The molecule has 0 radical (unpaired) electrons. The minimum absolute atomic E-state index is 0. The quantitative estimate of drug-likeness (QED) is 0.284. The zero-order valence-corrected chi connectivity index (χ0v) is 19.5. The molecule has 7 nitrogen and oxygen atoms in total. The van der Waals surface area contributed by atoms with E-state index in [0.717, 1.165) is 17.7 Å². The molecule has 0 aliphatic rings. The summed E-state index contributed by atoms with van der Waals surface area (Å²) in [7, 11) is 3.15. The van der Waals surface area contributed by atoms with Crippen molar-refractivity contribution < 1.29 is 14.3 Å². The van der Waals surface area contributed by atoms with Gasteiger partial charge in [-0.25, -0.2) is 4.99 Å². The van der Waals surface area contributed by atoms with Gasteiger partial charge in [0, 0.05) is 23.4 Å². The van der Waals surface area contributed by atoms with E-state index in [-0.39, 0.29) is 41.9 Å². The van der Waals surface area contributed by atoms with Gasteiger partial charge in [-0.3, -0.25) is 4.79 Å². The van der Waals surface area contributed by atoms with Crippen LogP contribution < -0.4 is 25.8 Å². The Labute approximate surface area is 189 Å². The van der Waals surface area contributed by atoms with E-state index < -0.39 is 0 Å². The maximum atomic E-state index is 12.3. The number of aliphatic imine (C=N–C) groups is 1. The number of methoxy groups -OCH3 is 2. The predicted octanol–water partition coefficient (Wildman–Crippen LogP) is 3.78. The van der Waals surface area contributed by atoms with E-state index in [2.05, 4.69) is 15.6 Å². The van der Waals surface area contributed by atoms with Gasteiger partial charge in [-0.1, -0.05) is 19.1 Å². The lowest BCUT2D eigenvalue weighted by Gasteiger charge is -2.12. The SMILES string of the molecule is CCC(C)NC(=O)c1cccc(CN=C(N)Nc2ccc(OC)c(OC)c2)c1.I. The number of nitrogens with zero attached hydrogens (tertiary/aromatic N) is 1. The zero-order valence-electron chi connectivity index (χ0n) is 17.2. The van der Waals surface area contributed by atoms with Crippen LogP contribution in [0, 0.1) is 0 Å². The summed E-state index contributed by atoms with van der Waals surface area (Å²) in [5, 5.41) is 5.98. The number of carbonyl (C=O) groups excluding carboxylic acids is 1. The lowest BCUT2D eigenvalue weighted by molar-refractivity contribution is 0.0939. The van der Waals surface area contributed by atoms with Gasteiger partial charge in [0.05, 0.1) is 20.8 Å². The normalized spacial score (nSPS) is 11.8. The minimum atomic E-state index is -0.0865. The summed E-state index contributed by atoms with van der Waals surface area (Å²) >= 11 is 0. The van der Waals surface area contributed by atoms with Crippen molar-refractivity contribution in [1.82, 2.24) is 5.32 Å². The Balaban J connectivity index is 0.00000420. The maximum absolute atomic E-state index is 12.3. The van der Waals surface area contributed by atoms with Gasteiger partial charge in [0.2, 0.25) is 0 Å². The van der Waals surface area contributed by atoms with Gasteiger partial charge in [0.15, 0.2) is 17.5 Å². The number of hydrogen-bond donors (Lipinski definition) is 3. The number of rotatable bonds is 8. The molecule has 0 heterocycles. The Morgan fingerprint density at radius 2 is 1.86 bits per heavy atom. The lowest BCUT2D eigenvalue weighted by atomic mass is 10.1. The zero-order chi connectivity index (χ0) is 20.5. The number of amides is 1. The number of anilines is 1. The van der Waals surface area contributed by atoms with Crippen LogP contribution in [0.5, 0.6) is 11.5 Å². The van der Waals surface area contributed by atoms with Crippen LogP contribution in [0.15, 0.2) is 47.5 Å². The standard InChI is InChI=1S/C21H28N4O3.HI/c1-5-14(2)24-20(26)16-8-6-7-15(11-16)13-23-21(22)25-17-9-10-18(27-3)19(12-17)28-4;/h6-12,14H,5,13H2,1-4H3,(H,24,26)(H3,22,23,25);1H. The molecule has 0 saturated carbocycles. The van der Waals surface area contributed by atoms with Crippen LogP contribution in [0.2, 0.25) is 0 Å². The van der Waals surface area contributed by atoms with Crippen LogP contribution in [0.3, 0.4) is 0 Å². The van der Waals surface area contributed by atoms with Crippen molar-refractivity contribution in [3.63, 3.8) is 0 Å². The Morgan fingerprint density at radius 3 is 2.52 bits per heavy atom. The third-order valence-electron chi connectivity index (χ3n) is 4.27. The number of hydrogen-bond acceptors (Lipinski definition) is 4. The second kappa shape index (κ2) is 12.2. The summed E-state index contributed by atoms with van der Waals surface area (Å²) in [6.45, 7) is 4.37. The van der Waals surface area contributed by atoms with Crippen molar-refractivity contribution in [2.45, 2.75) is 32.9 Å². The number of nitrogens with one attached hydrogen (secondary N) is 2. The van der Waals surface area contributed by atoms with Gasteiger partial charge in [-0.05, 0) is 43.2 Å². The summed E-state index contributed by atoms with van der Waals surface area (Å²) < 4.78 is 10.5. The number of halogens is 1. The number of benzene rings is 2. The van der Waals surface area contributed by atoms with E-state index in [1.54, 1.807) is 32.4 Å². The van der Waals surface area contributed by atoms with Crippen LogP contribution in [0.25, 0.3) is 0 Å². The van der Waals surface area contributed by atoms with Crippen LogP contribution >= 0.6 is 24.0 Å². The molecule has 0 bridgehead atoms. The summed E-state index contributed by atoms with van der Waals surface area (Å²) in [4.78, 5) is 16.6. The molecule has 0 spiro atoms. The lowest BCUT2D eigenvalue weighted by Crippen LogP contribution is -2.31. The summed E-state index contributed by atoms with van der Waals surface area (Å²) in [6, 6.07) is 12.9. The Bertz CT molecular complexity index is 842. The molecule has 1 atom stereocenters. The van der Waals surface area contributed by atoms with Crippen LogP contribution in [0.1, 0.15) is 36.2 Å². The van der Waals surface area contributed by atoms with E-state index >= 15 is 0 Å². The van der Waals surface area contributed by atoms with Crippen molar-refractivity contribution in [3.05, 3.63) is 53.6 Å². The average molecular weight is 512 g/mol. The topological polar surface area (TPSA) is 98.0 Å². The Kier molecular flexibility index (Phi) is 10.3. The van der Waals surface area contributed by atoms with Crippen LogP contribution in [0.4, 0.5) is 5.69 Å². The third kappa shape index (κ3) is 7.45. The fourth-order valence-corrected chi connectivity index (χ4v) is 2.50. The molecule has 1 amide bonds. The smallest absolute Gasteiger partial charge is 0.251 e. The fourth-order valence-electron chi connectivity index (χ4n) is 2.50.